The van der Waals surface area contributed by atoms with E-state index in [0.717, 1.165) is 22.0 Å². The van der Waals surface area contributed by atoms with Crippen LogP contribution < -0.4 is 4.74 Å². The van der Waals surface area contributed by atoms with Gasteiger partial charge in [-0.3, -0.25) is 9.59 Å². The number of carbonyl (C=O) groups excluding carboxylic acids is 1. The molecule has 1 aliphatic rings. The topological polar surface area (TPSA) is 79.7 Å². The van der Waals surface area contributed by atoms with E-state index in [1.54, 1.807) is 12.0 Å². The second-order valence-corrected chi connectivity index (χ2v) is 6.90. The van der Waals surface area contributed by atoms with E-state index in [2.05, 4.69) is 4.98 Å². The van der Waals surface area contributed by atoms with Crippen molar-refractivity contribution in [1.29, 1.82) is 0 Å². The van der Waals surface area contributed by atoms with Crippen molar-refractivity contribution >= 4 is 23.2 Å². The lowest BCUT2D eigenvalue weighted by atomic mass is 9.97. The molecule has 0 bridgehead atoms. The second-order valence-electron chi connectivity index (χ2n) is 6.05. The van der Waals surface area contributed by atoms with Crippen LogP contribution in [0.4, 0.5) is 0 Å². The van der Waals surface area contributed by atoms with Crippen LogP contribution in [0.2, 0.25) is 0 Å². The van der Waals surface area contributed by atoms with Gasteiger partial charge in [0.1, 0.15) is 10.8 Å². The molecule has 1 fully saturated rings. The molecule has 2 aromatic rings. The fraction of sp³-hybridized carbons (Fsp3) is 0.389. The fourth-order valence-corrected chi connectivity index (χ4v) is 3.74. The van der Waals surface area contributed by atoms with Crippen molar-refractivity contribution in [3.63, 3.8) is 0 Å². The number of methoxy groups -OCH3 is 1. The third-order valence-corrected chi connectivity index (χ3v) is 5.34. The summed E-state index contributed by atoms with van der Waals surface area (Å²) in [4.78, 5) is 29.7. The molecule has 25 heavy (non-hydrogen) atoms. The van der Waals surface area contributed by atoms with Crippen LogP contribution in [0.3, 0.4) is 0 Å². The third-order valence-electron chi connectivity index (χ3n) is 4.40. The minimum absolute atomic E-state index is 0.00586. The van der Waals surface area contributed by atoms with Gasteiger partial charge in [0.05, 0.1) is 25.1 Å². The Labute approximate surface area is 150 Å². The molecule has 1 aromatic heterocycles. The van der Waals surface area contributed by atoms with Crippen molar-refractivity contribution < 1.29 is 19.4 Å². The van der Waals surface area contributed by atoms with E-state index in [4.69, 9.17) is 9.84 Å². The quantitative estimate of drug-likeness (QED) is 0.887. The van der Waals surface area contributed by atoms with Gasteiger partial charge in [0.25, 0.3) is 0 Å². The van der Waals surface area contributed by atoms with Gasteiger partial charge in [0, 0.05) is 24.0 Å². The first kappa shape index (κ1) is 17.4. The van der Waals surface area contributed by atoms with Crippen LogP contribution in [0, 0.1) is 5.92 Å². The van der Waals surface area contributed by atoms with Gasteiger partial charge in [-0.1, -0.05) is 12.1 Å². The van der Waals surface area contributed by atoms with Crippen LogP contribution >= 0.6 is 11.3 Å². The van der Waals surface area contributed by atoms with Gasteiger partial charge in [0.2, 0.25) is 5.91 Å². The lowest BCUT2D eigenvalue weighted by molar-refractivity contribution is -0.145. The molecule has 1 saturated heterocycles. The Hall–Kier alpha value is -2.41. The van der Waals surface area contributed by atoms with Gasteiger partial charge in [-0.15, -0.1) is 11.3 Å². The molecule has 7 heteroatoms. The van der Waals surface area contributed by atoms with Gasteiger partial charge in [-0.2, -0.15) is 0 Å². The average molecular weight is 360 g/mol. The largest absolute Gasteiger partial charge is 0.497 e. The molecular formula is C18H20N2O4S. The summed E-state index contributed by atoms with van der Waals surface area (Å²) in [5, 5.41) is 11.8. The van der Waals surface area contributed by atoms with E-state index in [1.807, 2.05) is 29.6 Å². The van der Waals surface area contributed by atoms with Crippen LogP contribution in [0.25, 0.3) is 10.6 Å². The lowest BCUT2D eigenvalue weighted by Gasteiger charge is -2.30. The number of thiazole rings is 1. The molecule has 2 heterocycles. The SMILES string of the molecule is COc1cccc(-c2nc(CC(=O)N3CCC(C(=O)O)CC3)cs2)c1. The zero-order valence-electron chi connectivity index (χ0n) is 14.0. The normalized spacial score (nSPS) is 15.2. The first-order chi connectivity index (χ1) is 12.1. The van der Waals surface area contributed by atoms with Crippen molar-refractivity contribution in [3.8, 4) is 16.3 Å². The fourth-order valence-electron chi connectivity index (χ4n) is 2.92. The molecule has 3 rings (SSSR count). The average Bonchev–Trinajstić information content (AvgIpc) is 3.10. The summed E-state index contributed by atoms with van der Waals surface area (Å²) in [7, 11) is 1.62. The van der Waals surface area contributed by atoms with Crippen molar-refractivity contribution in [2.24, 2.45) is 5.92 Å². The Kier molecular flexibility index (Phi) is 5.33. The van der Waals surface area contributed by atoms with E-state index in [0.29, 0.717) is 25.9 Å². The summed E-state index contributed by atoms with van der Waals surface area (Å²) in [5.41, 5.74) is 1.71. The molecule has 1 aromatic carbocycles. The molecule has 1 amide bonds. The van der Waals surface area contributed by atoms with Crippen LogP contribution in [0.1, 0.15) is 18.5 Å². The molecule has 0 radical (unpaired) electrons. The Morgan fingerprint density at radius 1 is 1.36 bits per heavy atom. The monoisotopic (exact) mass is 360 g/mol. The number of benzene rings is 1. The number of carbonyl (C=O) groups is 2. The number of carboxylic acids is 1. The minimum atomic E-state index is -0.769. The van der Waals surface area contributed by atoms with Crippen LogP contribution in [0.5, 0.6) is 5.75 Å². The molecular weight excluding hydrogens is 340 g/mol. The molecule has 132 valence electrons. The number of rotatable bonds is 5. The van der Waals surface area contributed by atoms with Gasteiger partial charge >= 0.3 is 5.97 Å². The number of carboxylic acid groups (broad SMARTS) is 1. The van der Waals surface area contributed by atoms with Crippen LogP contribution in [-0.2, 0) is 16.0 Å². The third kappa shape index (κ3) is 4.17. The van der Waals surface area contributed by atoms with Crippen LogP contribution in [0.15, 0.2) is 29.6 Å². The summed E-state index contributed by atoms with van der Waals surface area (Å²) in [6.07, 6.45) is 1.29. The van der Waals surface area contributed by atoms with Gasteiger partial charge in [-0.05, 0) is 25.0 Å². The number of hydrogen-bond donors (Lipinski definition) is 1. The summed E-state index contributed by atoms with van der Waals surface area (Å²) in [6, 6.07) is 7.67. The molecule has 0 unspecified atom stereocenters. The summed E-state index contributed by atoms with van der Waals surface area (Å²) < 4.78 is 5.23. The Balaban J connectivity index is 1.61. The second kappa shape index (κ2) is 7.65. The highest BCUT2D eigenvalue weighted by atomic mass is 32.1. The maximum absolute atomic E-state index is 12.4. The number of amides is 1. The maximum atomic E-state index is 12.4. The number of hydrogen-bond acceptors (Lipinski definition) is 5. The number of aliphatic carboxylic acids is 1. The number of likely N-dealkylation sites (tertiary alicyclic amines) is 1. The van der Waals surface area contributed by atoms with Crippen molar-refractivity contribution in [2.75, 3.05) is 20.2 Å². The lowest BCUT2D eigenvalue weighted by Crippen LogP contribution is -2.41. The van der Waals surface area contributed by atoms with E-state index >= 15 is 0 Å². The van der Waals surface area contributed by atoms with Crippen molar-refractivity contribution in [3.05, 3.63) is 35.3 Å². The van der Waals surface area contributed by atoms with Gasteiger partial charge in [0.15, 0.2) is 0 Å². The standard InChI is InChI=1S/C18H20N2O4S/c1-24-15-4-2-3-13(9-15)17-19-14(11-25-17)10-16(21)20-7-5-12(6-8-20)18(22)23/h2-4,9,11-12H,5-8,10H2,1H3,(H,22,23). The molecule has 0 saturated carbocycles. The Morgan fingerprint density at radius 2 is 2.12 bits per heavy atom. The molecule has 0 spiro atoms. The number of piperidine rings is 1. The highest BCUT2D eigenvalue weighted by Crippen LogP contribution is 2.27. The molecule has 6 nitrogen and oxygen atoms in total. The van der Waals surface area contributed by atoms with Gasteiger partial charge in [-0.25, -0.2) is 4.98 Å². The van der Waals surface area contributed by atoms with Crippen LogP contribution in [-0.4, -0.2) is 47.1 Å². The minimum Gasteiger partial charge on any atom is -0.497 e. The Bertz CT molecular complexity index is 766. The molecule has 1 N–H and O–H groups in total. The highest BCUT2D eigenvalue weighted by molar-refractivity contribution is 7.13. The van der Waals surface area contributed by atoms with E-state index < -0.39 is 5.97 Å². The predicted molar refractivity (Wildman–Crippen MR) is 94.7 cm³/mol. The zero-order chi connectivity index (χ0) is 17.8. The first-order valence-corrected chi connectivity index (χ1v) is 9.04. The predicted octanol–water partition coefficient (Wildman–Crippen LogP) is 2.68. The van der Waals surface area contributed by atoms with E-state index in [9.17, 15) is 9.59 Å². The molecule has 1 aliphatic heterocycles. The number of nitrogens with zero attached hydrogens (tertiary/aromatic N) is 2. The smallest absolute Gasteiger partial charge is 0.306 e. The maximum Gasteiger partial charge on any atom is 0.306 e. The van der Waals surface area contributed by atoms with Crippen molar-refractivity contribution in [2.45, 2.75) is 19.3 Å². The summed E-state index contributed by atoms with van der Waals surface area (Å²) in [5.74, 6) is -0.324. The molecule has 0 atom stereocenters. The first-order valence-electron chi connectivity index (χ1n) is 8.16. The van der Waals surface area contributed by atoms with E-state index in [-0.39, 0.29) is 18.2 Å². The molecule has 0 aliphatic carbocycles. The highest BCUT2D eigenvalue weighted by Gasteiger charge is 2.27. The van der Waals surface area contributed by atoms with Gasteiger partial charge < -0.3 is 14.7 Å². The summed E-state index contributed by atoms with van der Waals surface area (Å²) >= 11 is 1.50. The number of aromatic nitrogens is 1. The number of ether oxygens (including phenoxy) is 1. The van der Waals surface area contributed by atoms with E-state index in [1.165, 1.54) is 11.3 Å². The summed E-state index contributed by atoms with van der Waals surface area (Å²) in [6.45, 7) is 1.01. The zero-order valence-corrected chi connectivity index (χ0v) is 14.8. The van der Waals surface area contributed by atoms with Crippen molar-refractivity contribution in [1.82, 2.24) is 9.88 Å². The Morgan fingerprint density at radius 3 is 2.80 bits per heavy atom.